The number of benzene rings is 1. The molecule has 236 valence electrons. The van der Waals surface area contributed by atoms with Gasteiger partial charge in [0.15, 0.2) is 0 Å². The Morgan fingerprint density at radius 2 is 1.17 bits per heavy atom. The van der Waals surface area contributed by atoms with E-state index in [-0.39, 0.29) is 45.3 Å². The third-order valence-electron chi connectivity index (χ3n) is 6.22. The Balaban J connectivity index is 3.11. The Morgan fingerprint density at radius 1 is 0.667 bits per heavy atom. The van der Waals surface area contributed by atoms with Crippen LogP contribution in [0.2, 0.25) is 0 Å². The maximum atomic E-state index is 13.5. The number of carbonyl (C=O) groups is 5. The van der Waals surface area contributed by atoms with Crippen LogP contribution < -0.4 is 0 Å². The number of nitrogens with zero attached hydrogens (tertiary/aromatic N) is 5. The van der Waals surface area contributed by atoms with E-state index >= 15 is 0 Å². The van der Waals surface area contributed by atoms with Crippen molar-refractivity contribution in [2.75, 3.05) is 93.2 Å². The van der Waals surface area contributed by atoms with Gasteiger partial charge in [-0.25, -0.2) is 0 Å². The van der Waals surface area contributed by atoms with Gasteiger partial charge in [0.2, 0.25) is 5.91 Å². The Morgan fingerprint density at radius 3 is 1.69 bits per heavy atom. The molecule has 4 N–H and O–H groups in total. The van der Waals surface area contributed by atoms with Crippen molar-refractivity contribution in [3.05, 3.63) is 35.9 Å². The summed E-state index contributed by atoms with van der Waals surface area (Å²) >= 11 is 0. The topological polar surface area (TPSA) is 192 Å². The molecule has 15 nitrogen and oxygen atoms in total. The van der Waals surface area contributed by atoms with Crippen molar-refractivity contribution in [2.45, 2.75) is 12.6 Å². The molecule has 0 aliphatic carbocycles. The van der Waals surface area contributed by atoms with Crippen LogP contribution in [0.3, 0.4) is 0 Å². The molecular weight excluding hydrogens is 554 g/mol. The van der Waals surface area contributed by atoms with Gasteiger partial charge in [0.25, 0.3) is 0 Å². The van der Waals surface area contributed by atoms with Crippen LogP contribution >= 0.6 is 0 Å². The van der Waals surface area contributed by atoms with Crippen molar-refractivity contribution in [2.24, 2.45) is 0 Å². The normalized spacial score (nSPS) is 12.2. The minimum Gasteiger partial charge on any atom is -0.480 e. The summed E-state index contributed by atoms with van der Waals surface area (Å²) in [7, 11) is 5.34. The SMILES string of the molecule is CN(C)CCN(C)C(=O)C(COCc1ccccc1)N(CCN(CCN(CC(=O)O)CC(=O)O)CC(=O)O)CC(=O)O. The number of hydrogen-bond donors (Lipinski definition) is 4. The molecule has 0 spiro atoms. The molecule has 0 aliphatic rings. The third kappa shape index (κ3) is 16.0. The van der Waals surface area contributed by atoms with Crippen LogP contribution in [-0.4, -0.2) is 174 Å². The summed E-state index contributed by atoms with van der Waals surface area (Å²) in [4.78, 5) is 66.6. The van der Waals surface area contributed by atoms with E-state index in [1.165, 1.54) is 14.7 Å². The zero-order valence-electron chi connectivity index (χ0n) is 24.4. The molecule has 0 aromatic heterocycles. The van der Waals surface area contributed by atoms with Crippen LogP contribution in [0, 0.1) is 0 Å². The van der Waals surface area contributed by atoms with Gasteiger partial charge in [-0.3, -0.25) is 38.7 Å². The van der Waals surface area contributed by atoms with E-state index in [1.807, 2.05) is 49.3 Å². The number of amides is 1. The number of aliphatic carboxylic acids is 4. The van der Waals surface area contributed by atoms with Gasteiger partial charge in [0, 0.05) is 46.3 Å². The quantitative estimate of drug-likeness (QED) is 0.118. The summed E-state index contributed by atoms with van der Waals surface area (Å²) in [6.45, 7) is -1.09. The van der Waals surface area contributed by atoms with Crippen molar-refractivity contribution in [1.82, 2.24) is 24.5 Å². The minimum atomic E-state index is -1.23. The van der Waals surface area contributed by atoms with E-state index in [9.17, 15) is 34.2 Å². The second-order valence-corrected chi connectivity index (χ2v) is 10.1. The maximum Gasteiger partial charge on any atom is 0.317 e. The van der Waals surface area contributed by atoms with Crippen molar-refractivity contribution >= 4 is 29.8 Å². The highest BCUT2D eigenvalue weighted by Gasteiger charge is 2.31. The number of carboxylic acid groups (broad SMARTS) is 4. The fraction of sp³-hybridized carbons (Fsp3) is 0.593. The fourth-order valence-corrected chi connectivity index (χ4v) is 4.04. The number of carbonyl (C=O) groups excluding carboxylic acids is 1. The average molecular weight is 598 g/mol. The number of rotatable bonds is 23. The monoisotopic (exact) mass is 597 g/mol. The van der Waals surface area contributed by atoms with Crippen LogP contribution in [0.4, 0.5) is 0 Å². The first-order valence-corrected chi connectivity index (χ1v) is 13.4. The summed E-state index contributed by atoms with van der Waals surface area (Å²) in [5.41, 5.74) is 0.870. The van der Waals surface area contributed by atoms with Crippen molar-refractivity contribution in [3.63, 3.8) is 0 Å². The molecule has 1 unspecified atom stereocenters. The smallest absolute Gasteiger partial charge is 0.317 e. The van der Waals surface area contributed by atoms with Gasteiger partial charge in [0.05, 0.1) is 39.4 Å². The standard InChI is InChI=1S/C27H43N5O10/c1-28(2)9-10-29(3)27(41)22(20-42-19-21-7-5-4-6-8-21)32(18-26(39)40)14-13-30(15-23(33)34)11-12-31(16-24(35)36)17-25(37)38/h4-8,22H,9-20H2,1-3H3,(H,33,34)(H,35,36)(H,37,38)(H,39,40). The van der Waals surface area contributed by atoms with Crippen LogP contribution in [0.5, 0.6) is 0 Å². The number of likely N-dealkylation sites (N-methyl/N-ethyl adjacent to an activating group) is 2. The highest BCUT2D eigenvalue weighted by atomic mass is 16.5. The van der Waals surface area contributed by atoms with Crippen LogP contribution in [0.15, 0.2) is 30.3 Å². The Hall–Kier alpha value is -3.63. The molecule has 1 atom stereocenters. The molecule has 42 heavy (non-hydrogen) atoms. The second-order valence-electron chi connectivity index (χ2n) is 10.1. The van der Waals surface area contributed by atoms with Gasteiger partial charge in [-0.1, -0.05) is 30.3 Å². The van der Waals surface area contributed by atoms with Gasteiger partial charge in [-0.15, -0.1) is 0 Å². The predicted molar refractivity (Wildman–Crippen MR) is 151 cm³/mol. The molecule has 1 amide bonds. The molecule has 0 aliphatic heterocycles. The van der Waals surface area contributed by atoms with Gasteiger partial charge in [0.1, 0.15) is 6.04 Å². The highest BCUT2D eigenvalue weighted by Crippen LogP contribution is 2.09. The first kappa shape index (κ1) is 36.4. The van der Waals surface area contributed by atoms with Gasteiger partial charge >= 0.3 is 23.9 Å². The molecular formula is C27H43N5O10. The lowest BCUT2D eigenvalue weighted by Gasteiger charge is -2.34. The Kier molecular flexibility index (Phi) is 16.9. The van der Waals surface area contributed by atoms with Crippen LogP contribution in [-0.2, 0) is 35.3 Å². The van der Waals surface area contributed by atoms with Gasteiger partial charge in [-0.05, 0) is 19.7 Å². The summed E-state index contributed by atoms with van der Waals surface area (Å²) < 4.78 is 5.85. The van der Waals surface area contributed by atoms with Crippen LogP contribution in [0.1, 0.15) is 5.56 Å². The molecule has 15 heteroatoms. The first-order chi connectivity index (χ1) is 19.8. The molecule has 0 bridgehead atoms. The summed E-state index contributed by atoms with van der Waals surface area (Å²) in [6, 6.07) is 8.28. The average Bonchev–Trinajstić information content (AvgIpc) is 2.89. The molecule has 1 rings (SSSR count). The van der Waals surface area contributed by atoms with E-state index in [1.54, 1.807) is 7.05 Å². The van der Waals surface area contributed by atoms with Crippen molar-refractivity contribution < 1.29 is 49.1 Å². The summed E-state index contributed by atoms with van der Waals surface area (Å²) in [5.74, 6) is -5.19. The number of hydrogen-bond acceptors (Lipinski definition) is 10. The minimum absolute atomic E-state index is 0.000368. The second kappa shape index (κ2) is 19.5. The summed E-state index contributed by atoms with van der Waals surface area (Å²) in [5, 5.41) is 37.2. The van der Waals surface area contributed by atoms with Crippen molar-refractivity contribution in [1.29, 1.82) is 0 Å². The molecule has 1 aromatic carbocycles. The predicted octanol–water partition coefficient (Wildman–Crippen LogP) is -1.16. The fourth-order valence-electron chi connectivity index (χ4n) is 4.04. The van der Waals surface area contributed by atoms with E-state index < -0.39 is 56.1 Å². The largest absolute Gasteiger partial charge is 0.480 e. The zero-order valence-corrected chi connectivity index (χ0v) is 24.4. The highest BCUT2D eigenvalue weighted by molar-refractivity contribution is 5.82. The lowest BCUT2D eigenvalue weighted by molar-refractivity contribution is -0.145. The molecule has 1 aromatic rings. The zero-order chi connectivity index (χ0) is 31.7. The van der Waals surface area contributed by atoms with Crippen molar-refractivity contribution in [3.8, 4) is 0 Å². The first-order valence-electron chi connectivity index (χ1n) is 13.4. The molecule has 0 saturated heterocycles. The maximum absolute atomic E-state index is 13.5. The lowest BCUT2D eigenvalue weighted by Crippen LogP contribution is -2.54. The summed E-state index contributed by atoms with van der Waals surface area (Å²) in [6.07, 6.45) is 0. The number of ether oxygens (including phenoxy) is 1. The molecule has 0 saturated carbocycles. The number of carboxylic acids is 4. The van der Waals surface area contributed by atoms with Gasteiger partial charge in [-0.2, -0.15) is 0 Å². The third-order valence-corrected chi connectivity index (χ3v) is 6.22. The Bertz CT molecular complexity index is 994. The van der Waals surface area contributed by atoms with Gasteiger partial charge < -0.3 is 35.0 Å². The Labute approximate surface area is 245 Å². The molecule has 0 fully saturated rings. The lowest BCUT2D eigenvalue weighted by atomic mass is 10.2. The molecule has 0 radical (unpaired) electrons. The van der Waals surface area contributed by atoms with E-state index in [2.05, 4.69) is 0 Å². The van der Waals surface area contributed by atoms with E-state index in [0.717, 1.165) is 10.5 Å². The van der Waals surface area contributed by atoms with E-state index in [4.69, 9.17) is 14.9 Å². The van der Waals surface area contributed by atoms with E-state index in [0.29, 0.717) is 13.1 Å². The molecule has 0 heterocycles. The van der Waals surface area contributed by atoms with Crippen LogP contribution in [0.25, 0.3) is 0 Å².